The Morgan fingerprint density at radius 3 is 2.48 bits per heavy atom. The molecule has 8 heteroatoms. The SMILES string of the molecule is CCOc1ccc(C(=O)OCC(=O)Nc2nnc(-c3ccccc3)o2)cc1. The lowest BCUT2D eigenvalue weighted by atomic mass is 10.2. The lowest BCUT2D eigenvalue weighted by molar-refractivity contribution is -0.119. The topological polar surface area (TPSA) is 104 Å². The maximum Gasteiger partial charge on any atom is 0.338 e. The number of rotatable bonds is 7. The summed E-state index contributed by atoms with van der Waals surface area (Å²) >= 11 is 0. The van der Waals surface area contributed by atoms with Gasteiger partial charge in [-0.15, -0.1) is 5.10 Å². The van der Waals surface area contributed by atoms with Crippen LogP contribution in [0.3, 0.4) is 0 Å². The number of nitrogens with one attached hydrogen (secondary N) is 1. The molecular weight excluding hydrogens is 350 g/mol. The molecule has 2 aromatic carbocycles. The van der Waals surface area contributed by atoms with Gasteiger partial charge in [0.05, 0.1) is 12.2 Å². The van der Waals surface area contributed by atoms with E-state index in [9.17, 15) is 9.59 Å². The van der Waals surface area contributed by atoms with Crippen LogP contribution in [-0.4, -0.2) is 35.3 Å². The highest BCUT2D eigenvalue weighted by Crippen LogP contribution is 2.19. The fourth-order valence-electron chi connectivity index (χ4n) is 2.19. The van der Waals surface area contributed by atoms with Gasteiger partial charge in [-0.3, -0.25) is 10.1 Å². The molecule has 0 spiro atoms. The number of benzene rings is 2. The van der Waals surface area contributed by atoms with E-state index in [2.05, 4.69) is 15.5 Å². The summed E-state index contributed by atoms with van der Waals surface area (Å²) in [5.41, 5.74) is 1.04. The molecule has 0 saturated carbocycles. The number of hydrogen-bond donors (Lipinski definition) is 1. The van der Waals surface area contributed by atoms with Gasteiger partial charge in [0.15, 0.2) is 6.61 Å². The number of nitrogens with zero attached hydrogens (tertiary/aromatic N) is 2. The van der Waals surface area contributed by atoms with Crippen LogP contribution in [0, 0.1) is 0 Å². The second-order valence-corrected chi connectivity index (χ2v) is 5.36. The smallest absolute Gasteiger partial charge is 0.338 e. The van der Waals surface area contributed by atoms with Crippen LogP contribution >= 0.6 is 0 Å². The molecule has 8 nitrogen and oxygen atoms in total. The zero-order chi connectivity index (χ0) is 19.1. The van der Waals surface area contributed by atoms with Crippen LogP contribution in [0.1, 0.15) is 17.3 Å². The molecule has 0 radical (unpaired) electrons. The van der Waals surface area contributed by atoms with Gasteiger partial charge >= 0.3 is 12.0 Å². The highest BCUT2D eigenvalue weighted by molar-refractivity contribution is 5.94. The molecule has 27 heavy (non-hydrogen) atoms. The monoisotopic (exact) mass is 367 g/mol. The zero-order valence-electron chi connectivity index (χ0n) is 14.5. The average molecular weight is 367 g/mol. The molecule has 0 bridgehead atoms. The molecule has 1 amide bonds. The molecule has 0 aliphatic heterocycles. The minimum atomic E-state index is -0.622. The summed E-state index contributed by atoms with van der Waals surface area (Å²) < 4.78 is 15.6. The summed E-state index contributed by atoms with van der Waals surface area (Å²) in [5.74, 6) is -0.282. The van der Waals surface area contributed by atoms with Gasteiger partial charge in [-0.1, -0.05) is 23.3 Å². The lowest BCUT2D eigenvalue weighted by Crippen LogP contribution is -2.21. The number of anilines is 1. The van der Waals surface area contributed by atoms with E-state index in [0.717, 1.165) is 5.56 Å². The van der Waals surface area contributed by atoms with Crippen molar-refractivity contribution < 1.29 is 23.5 Å². The Morgan fingerprint density at radius 2 is 1.78 bits per heavy atom. The number of carbonyl (C=O) groups is 2. The van der Waals surface area contributed by atoms with E-state index in [1.807, 2.05) is 25.1 Å². The maximum absolute atomic E-state index is 12.0. The molecule has 3 aromatic rings. The highest BCUT2D eigenvalue weighted by atomic mass is 16.5. The van der Waals surface area contributed by atoms with E-state index in [4.69, 9.17) is 13.9 Å². The summed E-state index contributed by atoms with van der Waals surface area (Å²) in [6, 6.07) is 15.5. The maximum atomic E-state index is 12.0. The number of aromatic nitrogens is 2. The third kappa shape index (κ3) is 4.91. The lowest BCUT2D eigenvalue weighted by Gasteiger charge is -2.06. The Balaban J connectivity index is 1.51. The normalized spacial score (nSPS) is 10.3. The number of esters is 1. The fourth-order valence-corrected chi connectivity index (χ4v) is 2.19. The van der Waals surface area contributed by atoms with Gasteiger partial charge in [0.1, 0.15) is 5.75 Å². The van der Waals surface area contributed by atoms with Crippen molar-refractivity contribution in [2.75, 3.05) is 18.5 Å². The molecule has 0 fully saturated rings. The van der Waals surface area contributed by atoms with Crippen LogP contribution in [0.15, 0.2) is 59.0 Å². The Bertz CT molecular complexity index is 907. The molecular formula is C19H17N3O5. The quantitative estimate of drug-likeness (QED) is 0.640. The third-order valence-corrected chi connectivity index (χ3v) is 3.43. The summed E-state index contributed by atoms with van der Waals surface area (Å²) in [7, 11) is 0. The first-order valence-electron chi connectivity index (χ1n) is 8.24. The standard InChI is InChI=1S/C19H17N3O5/c1-2-25-15-10-8-14(9-11-15)18(24)26-12-16(23)20-19-22-21-17(27-19)13-6-4-3-5-7-13/h3-11H,2,12H2,1H3,(H,20,22,23). The van der Waals surface area contributed by atoms with Crippen molar-refractivity contribution in [1.29, 1.82) is 0 Å². The summed E-state index contributed by atoms with van der Waals surface area (Å²) in [4.78, 5) is 23.9. The predicted octanol–water partition coefficient (Wildman–Crippen LogP) is 2.93. The van der Waals surface area contributed by atoms with Gasteiger partial charge in [0.2, 0.25) is 5.89 Å². The molecule has 138 valence electrons. The van der Waals surface area contributed by atoms with E-state index in [-0.39, 0.29) is 11.9 Å². The number of hydrogen-bond acceptors (Lipinski definition) is 7. The predicted molar refractivity (Wildman–Crippen MR) is 96.3 cm³/mol. The highest BCUT2D eigenvalue weighted by Gasteiger charge is 2.14. The van der Waals surface area contributed by atoms with Gasteiger partial charge in [0, 0.05) is 5.56 Å². The van der Waals surface area contributed by atoms with Crippen LogP contribution in [0.4, 0.5) is 6.01 Å². The van der Waals surface area contributed by atoms with Gasteiger partial charge in [-0.2, -0.15) is 0 Å². The van der Waals surface area contributed by atoms with Crippen LogP contribution in [-0.2, 0) is 9.53 Å². The molecule has 0 unspecified atom stereocenters. The van der Waals surface area contributed by atoms with Gasteiger partial charge < -0.3 is 13.9 Å². The fraction of sp³-hybridized carbons (Fsp3) is 0.158. The molecule has 0 atom stereocenters. The number of amides is 1. The van der Waals surface area contributed by atoms with E-state index < -0.39 is 18.5 Å². The van der Waals surface area contributed by atoms with Gasteiger partial charge in [-0.05, 0) is 43.3 Å². The summed E-state index contributed by atoms with van der Waals surface area (Å²) in [6.07, 6.45) is 0. The minimum absolute atomic E-state index is 0.0732. The molecule has 1 aromatic heterocycles. The zero-order valence-corrected chi connectivity index (χ0v) is 14.5. The molecule has 1 heterocycles. The Labute approximate surface area is 155 Å². The van der Waals surface area contributed by atoms with Gasteiger partial charge in [-0.25, -0.2) is 4.79 Å². The van der Waals surface area contributed by atoms with Crippen LogP contribution < -0.4 is 10.1 Å². The van der Waals surface area contributed by atoms with E-state index in [1.165, 1.54) is 0 Å². The van der Waals surface area contributed by atoms with Gasteiger partial charge in [0.25, 0.3) is 5.91 Å². The van der Waals surface area contributed by atoms with Crippen molar-refractivity contribution >= 4 is 17.9 Å². The van der Waals surface area contributed by atoms with E-state index in [1.54, 1.807) is 36.4 Å². The second-order valence-electron chi connectivity index (χ2n) is 5.36. The van der Waals surface area contributed by atoms with Crippen LogP contribution in [0.25, 0.3) is 11.5 Å². The first kappa shape index (κ1) is 18.1. The first-order valence-corrected chi connectivity index (χ1v) is 8.24. The van der Waals surface area contributed by atoms with Crippen molar-refractivity contribution in [2.45, 2.75) is 6.92 Å². The molecule has 0 aliphatic carbocycles. The average Bonchev–Trinajstić information content (AvgIpc) is 3.16. The summed E-state index contributed by atoms with van der Waals surface area (Å²) in [6.45, 7) is 1.92. The molecule has 0 saturated heterocycles. The van der Waals surface area contributed by atoms with E-state index in [0.29, 0.717) is 17.9 Å². The van der Waals surface area contributed by atoms with E-state index >= 15 is 0 Å². The number of ether oxygens (including phenoxy) is 2. The first-order chi connectivity index (χ1) is 13.2. The summed E-state index contributed by atoms with van der Waals surface area (Å²) in [5, 5.41) is 9.98. The van der Waals surface area contributed by atoms with Crippen molar-refractivity contribution in [3.05, 3.63) is 60.2 Å². The molecule has 3 rings (SSSR count). The number of carbonyl (C=O) groups excluding carboxylic acids is 2. The van der Waals surface area contributed by atoms with Crippen molar-refractivity contribution in [3.8, 4) is 17.2 Å². The Hall–Kier alpha value is -3.68. The minimum Gasteiger partial charge on any atom is -0.494 e. The van der Waals surface area contributed by atoms with Crippen molar-refractivity contribution in [1.82, 2.24) is 10.2 Å². The van der Waals surface area contributed by atoms with Crippen molar-refractivity contribution in [2.24, 2.45) is 0 Å². The second kappa shape index (κ2) is 8.61. The Morgan fingerprint density at radius 1 is 1.04 bits per heavy atom. The molecule has 1 N–H and O–H groups in total. The van der Waals surface area contributed by atoms with Crippen molar-refractivity contribution in [3.63, 3.8) is 0 Å². The Kier molecular flexibility index (Phi) is 5.78. The van der Waals surface area contributed by atoms with Crippen LogP contribution in [0.2, 0.25) is 0 Å². The van der Waals surface area contributed by atoms with Crippen LogP contribution in [0.5, 0.6) is 5.75 Å². The largest absolute Gasteiger partial charge is 0.494 e. The third-order valence-electron chi connectivity index (χ3n) is 3.43. The molecule has 0 aliphatic rings.